The number of benzene rings is 2. The van der Waals surface area contributed by atoms with E-state index >= 15 is 0 Å². The van der Waals surface area contributed by atoms with Gasteiger partial charge in [-0.05, 0) is 142 Å². The topological polar surface area (TPSA) is 300 Å². The highest BCUT2D eigenvalue weighted by atomic mass is 16.6. The average Bonchev–Trinajstić information content (AvgIpc) is 4.56. The van der Waals surface area contributed by atoms with Gasteiger partial charge < -0.3 is 59.4 Å². The summed E-state index contributed by atoms with van der Waals surface area (Å²) in [4.78, 5) is 145. The molecule has 23 heteroatoms. The Balaban J connectivity index is 0.000000467. The summed E-state index contributed by atoms with van der Waals surface area (Å²) >= 11 is 0. The molecule has 0 aromatic heterocycles. The zero-order valence-electron chi connectivity index (χ0n) is 49.7. The van der Waals surface area contributed by atoms with Crippen molar-refractivity contribution < 1.29 is 81.5 Å². The summed E-state index contributed by atoms with van der Waals surface area (Å²) in [7, 11) is 3.64. The number of carbonyl (C=O) groups excluding carboxylic acids is 10. The minimum absolute atomic E-state index is 0.166. The highest BCUT2D eigenvalue weighted by Crippen LogP contribution is 2.41. The number of fused-ring (bicyclic) bond motifs is 2. The number of rotatable bonds is 19. The molecular weight excluding hydrogens is 1080 g/mol. The van der Waals surface area contributed by atoms with E-state index in [4.69, 9.17) is 14.2 Å². The molecule has 2 aromatic carbocycles. The Kier molecular flexibility index (Phi) is 21.5. The SMILES string of the molecule is COC(=O)N[C@H](C(=O)N1CCC[C@@]1(C)C(=O)O)C(C)C.COC(=O)N[C@H](C(=O)N1CCC[C@H]1C(=O)OCC(=O)c1ccc(-c2ccc(C(=O)COC(=O)[C@]3(C)CCCN3C(=O)[C@@H](NC(=O)OC)C(C)C)c3c2CCC3)c2c1CCC2)C(C)C. The van der Waals surface area contributed by atoms with E-state index in [0.29, 0.717) is 82.1 Å². The first-order chi connectivity index (χ1) is 39.2. The lowest BCUT2D eigenvalue weighted by Crippen LogP contribution is -2.58. The predicted octanol–water partition coefficient (Wildman–Crippen LogP) is 5.75. The second-order valence-electron chi connectivity index (χ2n) is 23.3. The number of amides is 6. The van der Waals surface area contributed by atoms with Gasteiger partial charge in [-0.15, -0.1) is 0 Å². The van der Waals surface area contributed by atoms with Crippen LogP contribution in [0.5, 0.6) is 0 Å². The van der Waals surface area contributed by atoms with E-state index in [9.17, 15) is 57.8 Å². The maximum Gasteiger partial charge on any atom is 0.407 e. The molecule has 0 bridgehead atoms. The summed E-state index contributed by atoms with van der Waals surface area (Å²) in [5.74, 6) is -4.98. The van der Waals surface area contributed by atoms with Gasteiger partial charge in [0.05, 0.1) is 21.3 Å². The average molecular weight is 1160 g/mol. The van der Waals surface area contributed by atoms with Gasteiger partial charge in [-0.3, -0.25) is 24.0 Å². The summed E-state index contributed by atoms with van der Waals surface area (Å²) in [6, 6.07) is 3.93. The van der Waals surface area contributed by atoms with Crippen LogP contribution in [0, 0.1) is 17.8 Å². The normalized spacial score (nSPS) is 20.7. The maximum atomic E-state index is 13.8. The molecule has 3 aliphatic heterocycles. The highest BCUT2D eigenvalue weighted by Gasteiger charge is 2.50. The second-order valence-corrected chi connectivity index (χ2v) is 23.3. The summed E-state index contributed by atoms with van der Waals surface area (Å²) in [6.45, 7) is 13.9. The van der Waals surface area contributed by atoms with Gasteiger partial charge in [-0.2, -0.15) is 0 Å². The van der Waals surface area contributed by atoms with Crippen LogP contribution in [-0.2, 0) is 78.1 Å². The molecule has 0 unspecified atom stereocenters. The van der Waals surface area contributed by atoms with Crippen molar-refractivity contribution in [3.8, 4) is 11.1 Å². The van der Waals surface area contributed by atoms with Crippen LogP contribution in [0.1, 0.15) is 150 Å². The Labute approximate surface area is 484 Å². The lowest BCUT2D eigenvalue weighted by Gasteiger charge is -2.36. The molecule has 0 spiro atoms. The fraction of sp³-hybridized carbons (Fsp3) is 0.617. The van der Waals surface area contributed by atoms with Crippen molar-refractivity contribution in [3.05, 3.63) is 57.6 Å². The number of nitrogens with zero attached hydrogens (tertiary/aromatic N) is 3. The van der Waals surface area contributed by atoms with E-state index in [0.717, 1.165) is 59.1 Å². The summed E-state index contributed by atoms with van der Waals surface area (Å²) < 4.78 is 25.1. The van der Waals surface area contributed by atoms with Crippen LogP contribution in [0.3, 0.4) is 0 Å². The number of esters is 2. The number of hydrogen-bond donors (Lipinski definition) is 4. The number of Topliss-reactive ketones (excluding diaryl/α,β-unsaturated/α-hetero) is 2. The van der Waals surface area contributed by atoms with E-state index in [1.165, 1.54) is 43.0 Å². The van der Waals surface area contributed by atoms with Gasteiger partial charge in [0.15, 0.2) is 13.2 Å². The minimum Gasteiger partial charge on any atom is -0.480 e. The third-order valence-electron chi connectivity index (χ3n) is 16.8. The van der Waals surface area contributed by atoms with Crippen LogP contribution in [-0.4, -0.2) is 175 Å². The first-order valence-electron chi connectivity index (χ1n) is 28.7. The summed E-state index contributed by atoms with van der Waals surface area (Å²) in [6.07, 6.45) is 5.24. The van der Waals surface area contributed by atoms with Crippen molar-refractivity contribution in [1.82, 2.24) is 30.7 Å². The smallest absolute Gasteiger partial charge is 0.407 e. The first kappa shape index (κ1) is 64.6. The summed E-state index contributed by atoms with van der Waals surface area (Å²) in [5, 5.41) is 16.9. The molecule has 6 amide bonds. The number of carboxylic acids is 1. The van der Waals surface area contributed by atoms with Gasteiger partial charge in [0, 0.05) is 30.8 Å². The fourth-order valence-corrected chi connectivity index (χ4v) is 12.1. The Morgan fingerprint density at radius 3 is 1.35 bits per heavy atom. The number of carboxylic acid groups (broad SMARTS) is 1. The van der Waals surface area contributed by atoms with Crippen LogP contribution < -0.4 is 16.0 Å². The number of nitrogens with one attached hydrogen (secondary N) is 3. The van der Waals surface area contributed by atoms with Crippen molar-refractivity contribution in [2.75, 3.05) is 54.2 Å². The van der Waals surface area contributed by atoms with Crippen LogP contribution >= 0.6 is 0 Å². The molecule has 6 atom stereocenters. The van der Waals surface area contributed by atoms with Gasteiger partial charge in [0.1, 0.15) is 35.2 Å². The van der Waals surface area contributed by atoms with Crippen LogP contribution in [0.25, 0.3) is 11.1 Å². The molecule has 3 saturated heterocycles. The van der Waals surface area contributed by atoms with Crippen molar-refractivity contribution in [2.24, 2.45) is 17.8 Å². The summed E-state index contributed by atoms with van der Waals surface area (Å²) in [5.41, 5.74) is 4.33. The number of likely N-dealkylation sites (tertiary alicyclic amines) is 3. The largest absolute Gasteiger partial charge is 0.480 e. The molecule has 2 aliphatic carbocycles. The van der Waals surface area contributed by atoms with E-state index in [1.54, 1.807) is 60.6 Å². The van der Waals surface area contributed by atoms with Crippen molar-refractivity contribution >= 4 is 65.5 Å². The molecule has 7 rings (SSSR count). The maximum absolute atomic E-state index is 13.8. The van der Waals surface area contributed by atoms with Crippen molar-refractivity contribution in [1.29, 1.82) is 0 Å². The van der Waals surface area contributed by atoms with Gasteiger partial charge >= 0.3 is 36.2 Å². The molecule has 5 aliphatic rings. The number of ether oxygens (including phenoxy) is 5. The predicted molar refractivity (Wildman–Crippen MR) is 300 cm³/mol. The third-order valence-corrected chi connectivity index (χ3v) is 16.8. The monoisotopic (exact) mass is 1160 g/mol. The molecule has 3 heterocycles. The van der Waals surface area contributed by atoms with E-state index < -0.39 is 96.5 Å². The number of methoxy groups -OCH3 is 3. The van der Waals surface area contributed by atoms with E-state index in [-0.39, 0.29) is 35.2 Å². The molecule has 454 valence electrons. The third kappa shape index (κ3) is 14.1. The standard InChI is InChI=1S/C47H60N4O12.C13H22N2O5/c1-26(2)39(48-45(58)60-6)41(54)50-22-10-16-36(50)43(56)62-24-37(52)34-19-17-32(28-12-8-14-30(28)34)33-18-20-35(31-15-9-13-29(31)33)38(53)25-63-44(57)47(5)21-11-23-51(47)42(55)40(27(3)4)49-46(59)61-7;1-8(2)9(14-12(19)20-4)10(16)15-7-5-6-13(15,3)11(17)18/h17-20,26-27,36,39-40H,8-16,21-25H2,1-7H3,(H,48,58)(H,49,59);8-9H,5-7H2,1-4H3,(H,14,19)(H,17,18)/t36-,39-,40-,47-;9-,13-/m00/s1. The van der Waals surface area contributed by atoms with E-state index in [2.05, 4.69) is 25.4 Å². The number of aliphatic carboxylic acids is 1. The number of hydrogen-bond acceptors (Lipinski definition) is 16. The molecule has 83 heavy (non-hydrogen) atoms. The fourth-order valence-electron chi connectivity index (χ4n) is 12.1. The zero-order chi connectivity index (χ0) is 61.2. The van der Waals surface area contributed by atoms with Crippen molar-refractivity contribution in [3.63, 3.8) is 0 Å². The quantitative estimate of drug-likeness (QED) is 0.0739. The highest BCUT2D eigenvalue weighted by molar-refractivity contribution is 6.03. The molecule has 2 aromatic rings. The van der Waals surface area contributed by atoms with Gasteiger partial charge in [-0.25, -0.2) is 28.8 Å². The molecule has 23 nitrogen and oxygen atoms in total. The zero-order valence-corrected chi connectivity index (χ0v) is 49.7. The Morgan fingerprint density at radius 2 is 0.928 bits per heavy atom. The lowest BCUT2D eigenvalue weighted by atomic mass is 9.87. The van der Waals surface area contributed by atoms with Crippen LogP contribution in [0.2, 0.25) is 0 Å². The second kappa shape index (κ2) is 27.7. The number of carbonyl (C=O) groups is 11. The van der Waals surface area contributed by atoms with Crippen molar-refractivity contribution in [2.45, 2.75) is 168 Å². The van der Waals surface area contributed by atoms with Crippen LogP contribution in [0.15, 0.2) is 24.3 Å². The molecule has 0 saturated carbocycles. The van der Waals surface area contributed by atoms with Crippen LogP contribution in [0.4, 0.5) is 14.4 Å². The molecule has 0 radical (unpaired) electrons. The molecule has 3 fully saturated rings. The number of ketones is 2. The van der Waals surface area contributed by atoms with Gasteiger partial charge in [0.2, 0.25) is 29.3 Å². The first-order valence-corrected chi connectivity index (χ1v) is 28.7. The van der Waals surface area contributed by atoms with Gasteiger partial charge in [0.25, 0.3) is 0 Å². The van der Waals surface area contributed by atoms with Gasteiger partial charge in [-0.1, -0.05) is 65.8 Å². The Bertz CT molecular complexity index is 2850. The minimum atomic E-state index is -1.32. The Hall–Kier alpha value is -7.59. The van der Waals surface area contributed by atoms with E-state index in [1.807, 2.05) is 12.1 Å². The Morgan fingerprint density at radius 1 is 0.530 bits per heavy atom. The lowest BCUT2D eigenvalue weighted by molar-refractivity contribution is -0.160. The number of alkyl carbamates (subject to hydrolysis) is 3. The molecule has 4 N–H and O–H groups in total. The molecular formula is C60H82N6O17.